The molecule has 3 atom stereocenters. The molecular formula is C25H30N4O4. The van der Waals surface area contributed by atoms with Gasteiger partial charge in [-0.1, -0.05) is 62.4 Å². The lowest BCUT2D eigenvalue weighted by atomic mass is 10.0. The molecule has 1 aromatic heterocycles. The number of benzene rings is 2. The number of aromatic amines is 1. The van der Waals surface area contributed by atoms with Crippen LogP contribution < -0.4 is 16.4 Å². The van der Waals surface area contributed by atoms with E-state index in [1.54, 1.807) is 18.3 Å². The number of para-hydroxylation sites is 1. The minimum atomic E-state index is -1.15. The standard InChI is InChI=1S/C25H30N4O4/c1-15(2)22(26)24(31)28-20(13-17-14-27-19-11-7-6-10-18(17)19)23(30)29-21(25(32)33)12-16-8-4-3-5-9-16/h3-11,14-15,20-22,27H,12-13,26H2,1-2H3,(H,28,31)(H,29,30)(H,32,33)/t20-,21-,22-/m0/s1. The van der Waals surface area contributed by atoms with E-state index >= 15 is 0 Å². The van der Waals surface area contributed by atoms with Gasteiger partial charge in [0, 0.05) is 29.9 Å². The fourth-order valence-electron chi connectivity index (χ4n) is 3.62. The molecule has 1 heterocycles. The molecule has 0 aliphatic carbocycles. The molecule has 0 unspecified atom stereocenters. The highest BCUT2D eigenvalue weighted by Gasteiger charge is 2.29. The number of nitrogens with one attached hydrogen (secondary N) is 3. The summed E-state index contributed by atoms with van der Waals surface area (Å²) in [5, 5.41) is 15.9. The van der Waals surface area contributed by atoms with Gasteiger partial charge in [0.1, 0.15) is 12.1 Å². The van der Waals surface area contributed by atoms with Crippen molar-refractivity contribution in [2.75, 3.05) is 0 Å². The Labute approximate surface area is 192 Å². The molecule has 0 radical (unpaired) electrons. The number of fused-ring (bicyclic) bond motifs is 1. The number of hydrogen-bond acceptors (Lipinski definition) is 4. The number of carboxylic acid groups (broad SMARTS) is 1. The first-order valence-electron chi connectivity index (χ1n) is 10.9. The van der Waals surface area contributed by atoms with Crippen molar-refractivity contribution < 1.29 is 19.5 Å². The van der Waals surface area contributed by atoms with E-state index in [1.165, 1.54) is 0 Å². The molecule has 3 rings (SSSR count). The maximum atomic E-state index is 13.2. The second-order valence-electron chi connectivity index (χ2n) is 8.48. The fraction of sp³-hybridized carbons (Fsp3) is 0.320. The minimum Gasteiger partial charge on any atom is -0.480 e. The third-order valence-corrected chi connectivity index (χ3v) is 5.65. The van der Waals surface area contributed by atoms with Crippen molar-refractivity contribution in [3.05, 3.63) is 71.9 Å². The lowest BCUT2D eigenvalue weighted by Crippen LogP contribution is -2.56. The number of H-pyrrole nitrogens is 1. The fourth-order valence-corrected chi connectivity index (χ4v) is 3.62. The highest BCUT2D eigenvalue weighted by Crippen LogP contribution is 2.19. The Hall–Kier alpha value is -3.65. The monoisotopic (exact) mass is 450 g/mol. The second-order valence-corrected chi connectivity index (χ2v) is 8.48. The summed E-state index contributed by atoms with van der Waals surface area (Å²) in [6.07, 6.45) is 2.10. The van der Waals surface area contributed by atoms with E-state index in [-0.39, 0.29) is 18.8 Å². The van der Waals surface area contributed by atoms with E-state index < -0.39 is 35.9 Å². The van der Waals surface area contributed by atoms with E-state index in [0.29, 0.717) is 0 Å². The molecule has 0 saturated heterocycles. The Balaban J connectivity index is 1.82. The van der Waals surface area contributed by atoms with Crippen molar-refractivity contribution in [1.82, 2.24) is 15.6 Å². The van der Waals surface area contributed by atoms with Crippen LogP contribution in [0.3, 0.4) is 0 Å². The van der Waals surface area contributed by atoms with Crippen LogP contribution >= 0.6 is 0 Å². The largest absolute Gasteiger partial charge is 0.480 e. The van der Waals surface area contributed by atoms with Crippen molar-refractivity contribution in [2.24, 2.45) is 11.7 Å². The number of rotatable bonds is 10. The molecule has 0 fully saturated rings. The van der Waals surface area contributed by atoms with Crippen LogP contribution in [0.5, 0.6) is 0 Å². The zero-order chi connectivity index (χ0) is 24.0. The molecule has 33 heavy (non-hydrogen) atoms. The number of carbonyl (C=O) groups is 3. The Morgan fingerprint density at radius 1 is 0.909 bits per heavy atom. The molecule has 2 aromatic carbocycles. The van der Waals surface area contributed by atoms with Gasteiger partial charge in [-0.2, -0.15) is 0 Å². The number of nitrogens with two attached hydrogens (primary N) is 1. The zero-order valence-electron chi connectivity index (χ0n) is 18.7. The minimum absolute atomic E-state index is 0.119. The summed E-state index contributed by atoms with van der Waals surface area (Å²) in [7, 11) is 0. The third-order valence-electron chi connectivity index (χ3n) is 5.65. The Bertz CT molecular complexity index is 1110. The van der Waals surface area contributed by atoms with Gasteiger partial charge in [-0.05, 0) is 23.1 Å². The molecule has 174 valence electrons. The van der Waals surface area contributed by atoms with Crippen molar-refractivity contribution in [3.63, 3.8) is 0 Å². The highest BCUT2D eigenvalue weighted by atomic mass is 16.4. The first-order valence-corrected chi connectivity index (χ1v) is 10.9. The average Bonchev–Trinajstić information content (AvgIpc) is 3.21. The second kappa shape index (κ2) is 10.8. The van der Waals surface area contributed by atoms with Gasteiger partial charge in [-0.3, -0.25) is 9.59 Å². The van der Waals surface area contributed by atoms with Crippen LogP contribution in [0.15, 0.2) is 60.8 Å². The molecule has 6 N–H and O–H groups in total. The Kier molecular flexibility index (Phi) is 7.84. The average molecular weight is 451 g/mol. The molecule has 0 aliphatic rings. The summed E-state index contributed by atoms with van der Waals surface area (Å²) in [4.78, 5) is 40.9. The number of aliphatic carboxylic acids is 1. The smallest absolute Gasteiger partial charge is 0.326 e. The van der Waals surface area contributed by atoms with Crippen LogP contribution in [-0.4, -0.2) is 46.0 Å². The molecule has 0 bridgehead atoms. The summed E-state index contributed by atoms with van der Waals surface area (Å²) in [6.45, 7) is 3.64. The summed E-state index contributed by atoms with van der Waals surface area (Å²) in [5.41, 5.74) is 8.50. The van der Waals surface area contributed by atoms with Gasteiger partial charge in [-0.15, -0.1) is 0 Å². The SMILES string of the molecule is CC(C)[C@H](N)C(=O)N[C@@H](Cc1c[nH]c2ccccc12)C(=O)N[C@@H](Cc1ccccc1)C(=O)O. The number of amides is 2. The summed E-state index contributed by atoms with van der Waals surface area (Å²) in [5.74, 6) is -2.30. The normalized spacial score (nSPS) is 13.9. The van der Waals surface area contributed by atoms with Gasteiger partial charge >= 0.3 is 5.97 Å². The highest BCUT2D eigenvalue weighted by molar-refractivity contribution is 5.93. The van der Waals surface area contributed by atoms with Crippen LogP contribution in [0, 0.1) is 5.92 Å². The van der Waals surface area contributed by atoms with E-state index in [0.717, 1.165) is 22.0 Å². The van der Waals surface area contributed by atoms with Crippen LogP contribution in [-0.2, 0) is 27.2 Å². The van der Waals surface area contributed by atoms with E-state index in [9.17, 15) is 19.5 Å². The Morgan fingerprint density at radius 2 is 1.55 bits per heavy atom. The number of hydrogen-bond donors (Lipinski definition) is 5. The van der Waals surface area contributed by atoms with Crippen LogP contribution in [0.1, 0.15) is 25.0 Å². The van der Waals surface area contributed by atoms with Crippen molar-refractivity contribution in [1.29, 1.82) is 0 Å². The number of carbonyl (C=O) groups excluding carboxylic acids is 2. The third kappa shape index (κ3) is 6.20. The first-order chi connectivity index (χ1) is 15.8. The molecule has 8 heteroatoms. The van der Waals surface area contributed by atoms with Gasteiger partial charge < -0.3 is 26.5 Å². The molecule has 2 amide bonds. The predicted octanol–water partition coefficient (Wildman–Crippen LogP) is 1.99. The van der Waals surface area contributed by atoms with Gasteiger partial charge in [-0.25, -0.2) is 4.79 Å². The van der Waals surface area contributed by atoms with Crippen molar-refractivity contribution in [3.8, 4) is 0 Å². The van der Waals surface area contributed by atoms with Gasteiger partial charge in [0.25, 0.3) is 0 Å². The summed E-state index contributed by atoms with van der Waals surface area (Å²) >= 11 is 0. The van der Waals surface area contributed by atoms with Gasteiger partial charge in [0.15, 0.2) is 0 Å². The van der Waals surface area contributed by atoms with E-state index in [4.69, 9.17) is 5.73 Å². The molecule has 0 saturated carbocycles. The molecular weight excluding hydrogens is 420 g/mol. The maximum absolute atomic E-state index is 13.2. The van der Waals surface area contributed by atoms with Gasteiger partial charge in [0.05, 0.1) is 6.04 Å². The van der Waals surface area contributed by atoms with Gasteiger partial charge in [0.2, 0.25) is 11.8 Å². The van der Waals surface area contributed by atoms with E-state index in [2.05, 4.69) is 15.6 Å². The number of aromatic nitrogens is 1. The first kappa shape index (κ1) is 24.0. The predicted molar refractivity (Wildman–Crippen MR) is 126 cm³/mol. The quantitative estimate of drug-likeness (QED) is 0.322. The van der Waals surface area contributed by atoms with Crippen LogP contribution in [0.25, 0.3) is 10.9 Å². The molecule has 8 nitrogen and oxygen atoms in total. The van der Waals surface area contributed by atoms with Crippen LogP contribution in [0.2, 0.25) is 0 Å². The lowest BCUT2D eigenvalue weighted by molar-refractivity contribution is -0.142. The van der Waals surface area contributed by atoms with Crippen molar-refractivity contribution >= 4 is 28.7 Å². The zero-order valence-corrected chi connectivity index (χ0v) is 18.7. The van der Waals surface area contributed by atoms with Crippen LogP contribution in [0.4, 0.5) is 0 Å². The summed E-state index contributed by atoms with van der Waals surface area (Å²) in [6, 6.07) is 13.8. The topological polar surface area (TPSA) is 137 Å². The maximum Gasteiger partial charge on any atom is 0.326 e. The van der Waals surface area contributed by atoms with Crippen molar-refractivity contribution in [2.45, 2.75) is 44.8 Å². The lowest BCUT2D eigenvalue weighted by Gasteiger charge is -2.24. The molecule has 3 aromatic rings. The van der Waals surface area contributed by atoms with E-state index in [1.807, 2.05) is 56.3 Å². The number of carboxylic acids is 1. The molecule has 0 aliphatic heterocycles. The molecule has 0 spiro atoms. The Morgan fingerprint density at radius 3 is 2.21 bits per heavy atom. The summed E-state index contributed by atoms with van der Waals surface area (Å²) < 4.78 is 0.